The molecule has 0 bridgehead atoms. The van der Waals surface area contributed by atoms with E-state index in [0.717, 1.165) is 19.7 Å². The van der Waals surface area contributed by atoms with Gasteiger partial charge in [-0.15, -0.1) is 0 Å². The van der Waals surface area contributed by atoms with E-state index >= 15 is 0 Å². The molecule has 118 valence electrons. The van der Waals surface area contributed by atoms with Crippen LogP contribution < -0.4 is 0 Å². The van der Waals surface area contributed by atoms with Crippen LogP contribution in [0.1, 0.15) is 30.5 Å². The third kappa shape index (κ3) is 5.63. The topological polar surface area (TPSA) is 12.5 Å². The predicted octanol–water partition coefficient (Wildman–Crippen LogP) is 4.42. The van der Waals surface area contributed by atoms with Gasteiger partial charge in [-0.1, -0.05) is 60.2 Å². The predicted molar refractivity (Wildman–Crippen MR) is 92.8 cm³/mol. The molecule has 0 saturated heterocycles. The van der Waals surface area contributed by atoms with Crippen LogP contribution in [0.4, 0.5) is 0 Å². The Kier molecular flexibility index (Phi) is 6.63. The fourth-order valence-electron chi connectivity index (χ4n) is 2.39. The van der Waals surface area contributed by atoms with Gasteiger partial charge in [-0.25, -0.2) is 0 Å². The van der Waals surface area contributed by atoms with Crippen molar-refractivity contribution in [2.75, 3.05) is 13.2 Å². The summed E-state index contributed by atoms with van der Waals surface area (Å²) in [5.74, 6) is 0. The molecule has 0 aliphatic heterocycles. The van der Waals surface area contributed by atoms with Gasteiger partial charge in [-0.05, 0) is 31.9 Å². The molecule has 22 heavy (non-hydrogen) atoms. The van der Waals surface area contributed by atoms with Crippen molar-refractivity contribution in [3.05, 3.63) is 71.3 Å². The van der Waals surface area contributed by atoms with Gasteiger partial charge < -0.3 is 4.74 Å². The fourth-order valence-corrected chi connectivity index (χ4v) is 2.39. The molecule has 0 spiro atoms. The van der Waals surface area contributed by atoms with Crippen molar-refractivity contribution in [3.8, 4) is 0 Å². The molecule has 0 heterocycles. The van der Waals surface area contributed by atoms with E-state index in [-0.39, 0.29) is 0 Å². The molecule has 2 aromatic rings. The van der Waals surface area contributed by atoms with Crippen LogP contribution in [0, 0.1) is 6.92 Å². The number of ether oxygens (including phenoxy) is 1. The van der Waals surface area contributed by atoms with Crippen molar-refractivity contribution >= 4 is 0 Å². The molecule has 0 fully saturated rings. The molecule has 0 amide bonds. The number of rotatable bonds is 8. The van der Waals surface area contributed by atoms with Gasteiger partial charge in [0.15, 0.2) is 0 Å². The lowest BCUT2D eigenvalue weighted by molar-refractivity contribution is 0.0797. The van der Waals surface area contributed by atoms with Crippen LogP contribution in [0.15, 0.2) is 54.6 Å². The summed E-state index contributed by atoms with van der Waals surface area (Å²) in [6.07, 6.45) is 0. The zero-order valence-corrected chi connectivity index (χ0v) is 14.0. The number of aryl methyl sites for hydroxylation is 1. The lowest BCUT2D eigenvalue weighted by Gasteiger charge is -2.26. The maximum Gasteiger partial charge on any atom is 0.0717 e. The summed E-state index contributed by atoms with van der Waals surface area (Å²) in [4.78, 5) is 2.45. The summed E-state index contributed by atoms with van der Waals surface area (Å²) < 4.78 is 5.84. The van der Waals surface area contributed by atoms with Crippen LogP contribution in [-0.2, 0) is 17.9 Å². The van der Waals surface area contributed by atoms with Gasteiger partial charge in [0.05, 0.1) is 13.2 Å². The summed E-state index contributed by atoms with van der Waals surface area (Å²) >= 11 is 0. The molecule has 0 saturated carbocycles. The van der Waals surface area contributed by atoms with Gasteiger partial charge >= 0.3 is 0 Å². The lowest BCUT2D eigenvalue weighted by atomic mass is 10.2. The Morgan fingerprint density at radius 1 is 0.909 bits per heavy atom. The summed E-state index contributed by atoms with van der Waals surface area (Å²) in [6.45, 7) is 9.97. The van der Waals surface area contributed by atoms with Crippen LogP contribution in [0.2, 0.25) is 0 Å². The SMILES string of the molecule is Cc1ccc(COCCN(Cc2ccccc2)C(C)C)cc1. The highest BCUT2D eigenvalue weighted by molar-refractivity contribution is 5.20. The average Bonchev–Trinajstić information content (AvgIpc) is 2.53. The molecule has 0 unspecified atom stereocenters. The summed E-state index contributed by atoms with van der Waals surface area (Å²) in [5, 5.41) is 0. The minimum absolute atomic E-state index is 0.517. The Morgan fingerprint density at radius 2 is 1.59 bits per heavy atom. The van der Waals surface area contributed by atoms with Crippen LogP contribution >= 0.6 is 0 Å². The van der Waals surface area contributed by atoms with Crippen molar-refractivity contribution in [1.82, 2.24) is 4.90 Å². The van der Waals surface area contributed by atoms with Crippen LogP contribution in [0.5, 0.6) is 0 Å². The molecular weight excluding hydrogens is 270 g/mol. The Balaban J connectivity index is 1.76. The van der Waals surface area contributed by atoms with Crippen LogP contribution in [0.3, 0.4) is 0 Å². The zero-order valence-electron chi connectivity index (χ0n) is 14.0. The van der Waals surface area contributed by atoms with Crippen molar-refractivity contribution in [2.45, 2.75) is 40.0 Å². The Bertz CT molecular complexity index is 533. The van der Waals surface area contributed by atoms with Crippen LogP contribution in [0.25, 0.3) is 0 Å². The van der Waals surface area contributed by atoms with Gasteiger partial charge in [0.25, 0.3) is 0 Å². The lowest BCUT2D eigenvalue weighted by Crippen LogP contribution is -2.33. The summed E-state index contributed by atoms with van der Waals surface area (Å²) in [5.41, 5.74) is 3.89. The van der Waals surface area contributed by atoms with Crippen molar-refractivity contribution in [1.29, 1.82) is 0 Å². The number of hydrogen-bond acceptors (Lipinski definition) is 2. The minimum atomic E-state index is 0.517. The second-order valence-electron chi connectivity index (χ2n) is 6.09. The van der Waals surface area contributed by atoms with E-state index in [0.29, 0.717) is 12.6 Å². The van der Waals surface area contributed by atoms with Crippen molar-refractivity contribution in [3.63, 3.8) is 0 Å². The standard InChI is InChI=1S/C20H27NO/c1-17(2)21(15-19-7-5-4-6-8-19)13-14-22-16-20-11-9-18(3)10-12-20/h4-12,17H,13-16H2,1-3H3. The van der Waals surface area contributed by atoms with Gasteiger partial charge in [0.1, 0.15) is 0 Å². The first kappa shape index (κ1) is 16.7. The van der Waals surface area contributed by atoms with E-state index in [1.165, 1.54) is 16.7 Å². The molecule has 0 atom stereocenters. The Labute approximate surface area is 134 Å². The van der Waals surface area contributed by atoms with Gasteiger partial charge in [0, 0.05) is 19.1 Å². The minimum Gasteiger partial charge on any atom is -0.375 e. The largest absolute Gasteiger partial charge is 0.375 e. The molecule has 0 aliphatic rings. The number of hydrogen-bond donors (Lipinski definition) is 0. The fraction of sp³-hybridized carbons (Fsp3) is 0.400. The zero-order chi connectivity index (χ0) is 15.8. The Morgan fingerprint density at radius 3 is 2.23 bits per heavy atom. The van der Waals surface area contributed by atoms with E-state index in [1.54, 1.807) is 0 Å². The highest BCUT2D eigenvalue weighted by Gasteiger charge is 2.09. The molecular formula is C20H27NO. The third-order valence-corrected chi connectivity index (χ3v) is 3.87. The van der Waals surface area contributed by atoms with Gasteiger partial charge in [0.2, 0.25) is 0 Å². The monoisotopic (exact) mass is 297 g/mol. The second kappa shape index (κ2) is 8.72. The molecule has 2 heteroatoms. The van der Waals surface area contributed by atoms with Gasteiger partial charge in [-0.3, -0.25) is 4.90 Å². The highest BCUT2D eigenvalue weighted by atomic mass is 16.5. The third-order valence-electron chi connectivity index (χ3n) is 3.87. The van der Waals surface area contributed by atoms with Crippen molar-refractivity contribution < 1.29 is 4.74 Å². The van der Waals surface area contributed by atoms with E-state index in [9.17, 15) is 0 Å². The normalized spacial score (nSPS) is 11.3. The number of nitrogens with zero attached hydrogens (tertiary/aromatic N) is 1. The maximum absolute atomic E-state index is 5.84. The van der Waals surface area contributed by atoms with Gasteiger partial charge in [-0.2, -0.15) is 0 Å². The van der Waals surface area contributed by atoms with E-state index in [4.69, 9.17) is 4.74 Å². The molecule has 0 radical (unpaired) electrons. The van der Waals surface area contributed by atoms with E-state index in [2.05, 4.69) is 80.3 Å². The molecule has 0 N–H and O–H groups in total. The van der Waals surface area contributed by atoms with E-state index < -0.39 is 0 Å². The quantitative estimate of drug-likeness (QED) is 0.669. The molecule has 0 aliphatic carbocycles. The smallest absolute Gasteiger partial charge is 0.0717 e. The Hall–Kier alpha value is -1.64. The molecule has 0 aromatic heterocycles. The van der Waals surface area contributed by atoms with Crippen molar-refractivity contribution in [2.24, 2.45) is 0 Å². The van der Waals surface area contributed by atoms with E-state index in [1.807, 2.05) is 0 Å². The first-order valence-corrected chi connectivity index (χ1v) is 8.06. The number of benzene rings is 2. The average molecular weight is 297 g/mol. The summed E-state index contributed by atoms with van der Waals surface area (Å²) in [7, 11) is 0. The highest BCUT2D eigenvalue weighted by Crippen LogP contribution is 2.09. The molecule has 2 nitrogen and oxygen atoms in total. The first-order valence-electron chi connectivity index (χ1n) is 8.06. The molecule has 2 rings (SSSR count). The summed E-state index contributed by atoms with van der Waals surface area (Å²) in [6, 6.07) is 19.7. The maximum atomic E-state index is 5.84. The molecule has 2 aromatic carbocycles. The first-order chi connectivity index (χ1) is 10.6. The van der Waals surface area contributed by atoms with Crippen LogP contribution in [-0.4, -0.2) is 24.1 Å². The second-order valence-corrected chi connectivity index (χ2v) is 6.09.